The molecule has 0 aliphatic carbocycles. The van der Waals surface area contributed by atoms with E-state index in [-0.39, 0.29) is 17.9 Å². The molecular formula is C27H28ClNO5S. The number of carboxylic acids is 1. The SMILES string of the molecule is Cc1cccc(S(=O)(=O)N2C[C@H](CC(C)(C)C(=O)O)Oc3ccc(-c4cccc(Cl)c4C)cc32)c1. The predicted molar refractivity (Wildman–Crippen MR) is 138 cm³/mol. The Morgan fingerprint density at radius 1 is 1.11 bits per heavy atom. The van der Waals surface area contributed by atoms with E-state index in [0.29, 0.717) is 16.5 Å². The van der Waals surface area contributed by atoms with Crippen LogP contribution >= 0.6 is 11.6 Å². The number of hydrogen-bond donors (Lipinski definition) is 1. The minimum absolute atomic E-state index is 0.00202. The zero-order valence-electron chi connectivity index (χ0n) is 20.1. The van der Waals surface area contributed by atoms with Crippen molar-refractivity contribution in [3.05, 3.63) is 76.8 Å². The number of halogens is 1. The van der Waals surface area contributed by atoms with E-state index in [2.05, 4.69) is 0 Å². The summed E-state index contributed by atoms with van der Waals surface area (Å²) in [6, 6.07) is 17.7. The lowest BCUT2D eigenvalue weighted by atomic mass is 9.86. The van der Waals surface area contributed by atoms with Crippen LogP contribution in [0.4, 0.5) is 5.69 Å². The van der Waals surface area contributed by atoms with Gasteiger partial charge in [0.2, 0.25) is 0 Å². The monoisotopic (exact) mass is 513 g/mol. The van der Waals surface area contributed by atoms with Gasteiger partial charge in [0.15, 0.2) is 0 Å². The molecule has 0 radical (unpaired) electrons. The smallest absolute Gasteiger partial charge is 0.309 e. The van der Waals surface area contributed by atoms with Gasteiger partial charge in [0, 0.05) is 11.4 Å². The Labute approximate surface area is 211 Å². The summed E-state index contributed by atoms with van der Waals surface area (Å²) in [6.45, 7) is 6.97. The molecule has 0 spiro atoms. The zero-order valence-corrected chi connectivity index (χ0v) is 21.7. The first kappa shape index (κ1) is 25.1. The molecule has 0 unspecified atom stereocenters. The van der Waals surface area contributed by atoms with Crippen LogP contribution in [0.3, 0.4) is 0 Å². The number of fused-ring (bicyclic) bond motifs is 1. The number of aryl methyl sites for hydroxylation is 1. The number of carbonyl (C=O) groups is 1. The molecule has 184 valence electrons. The van der Waals surface area contributed by atoms with Crippen LogP contribution in [-0.2, 0) is 14.8 Å². The number of ether oxygens (including phenoxy) is 1. The molecule has 0 fully saturated rings. The van der Waals surface area contributed by atoms with Crippen molar-refractivity contribution in [2.75, 3.05) is 10.8 Å². The molecule has 6 nitrogen and oxygen atoms in total. The fraction of sp³-hybridized carbons (Fsp3) is 0.296. The number of benzene rings is 3. The first-order chi connectivity index (χ1) is 16.4. The molecule has 1 atom stereocenters. The first-order valence-electron chi connectivity index (χ1n) is 11.3. The second-order valence-electron chi connectivity index (χ2n) is 9.58. The summed E-state index contributed by atoms with van der Waals surface area (Å²) in [5.74, 6) is -0.575. The van der Waals surface area contributed by atoms with Gasteiger partial charge in [-0.3, -0.25) is 9.10 Å². The summed E-state index contributed by atoms with van der Waals surface area (Å²) in [6.07, 6.45) is -0.483. The van der Waals surface area contributed by atoms with Crippen LogP contribution < -0.4 is 9.04 Å². The van der Waals surface area contributed by atoms with Crippen molar-refractivity contribution in [2.24, 2.45) is 5.41 Å². The third-order valence-electron chi connectivity index (χ3n) is 6.36. The lowest BCUT2D eigenvalue weighted by Gasteiger charge is -2.38. The van der Waals surface area contributed by atoms with E-state index in [0.717, 1.165) is 22.3 Å². The molecule has 1 N–H and O–H groups in total. The molecule has 0 bridgehead atoms. The van der Waals surface area contributed by atoms with Crippen molar-refractivity contribution in [2.45, 2.75) is 45.1 Å². The van der Waals surface area contributed by atoms with Gasteiger partial charge in [-0.1, -0.05) is 41.9 Å². The highest BCUT2D eigenvalue weighted by Crippen LogP contribution is 2.42. The lowest BCUT2D eigenvalue weighted by Crippen LogP contribution is -2.46. The van der Waals surface area contributed by atoms with Crippen molar-refractivity contribution in [3.63, 3.8) is 0 Å². The van der Waals surface area contributed by atoms with Crippen LogP contribution in [-0.4, -0.2) is 32.1 Å². The number of hydrogen-bond acceptors (Lipinski definition) is 4. The Balaban J connectivity index is 1.84. The van der Waals surface area contributed by atoms with E-state index in [4.69, 9.17) is 16.3 Å². The van der Waals surface area contributed by atoms with Gasteiger partial charge in [-0.15, -0.1) is 0 Å². The van der Waals surface area contributed by atoms with Gasteiger partial charge in [-0.25, -0.2) is 8.42 Å². The van der Waals surface area contributed by atoms with Gasteiger partial charge in [0.25, 0.3) is 10.0 Å². The van der Waals surface area contributed by atoms with Gasteiger partial charge in [-0.05, 0) is 80.3 Å². The van der Waals surface area contributed by atoms with E-state index < -0.39 is 27.5 Å². The lowest BCUT2D eigenvalue weighted by molar-refractivity contribution is -0.148. The molecule has 35 heavy (non-hydrogen) atoms. The zero-order chi connectivity index (χ0) is 25.5. The predicted octanol–water partition coefficient (Wildman–Crippen LogP) is 6.08. The largest absolute Gasteiger partial charge is 0.486 e. The number of anilines is 1. The second kappa shape index (κ2) is 9.21. The standard InChI is InChI=1S/C27H28ClNO5S/c1-17-7-5-8-21(13-17)35(32,33)29-16-20(15-27(3,4)26(30)31)34-25-12-11-19(14-24(25)29)22-9-6-10-23(28)18(22)2/h5-14,20H,15-16H2,1-4H3,(H,30,31)/t20-/m0/s1. The topological polar surface area (TPSA) is 83.9 Å². The van der Waals surface area contributed by atoms with Crippen LogP contribution in [0.5, 0.6) is 5.75 Å². The molecule has 3 aromatic rings. The number of sulfonamides is 1. The average Bonchev–Trinajstić information content (AvgIpc) is 2.79. The maximum atomic E-state index is 13.8. The Hall–Kier alpha value is -3.03. The van der Waals surface area contributed by atoms with Crippen molar-refractivity contribution in [1.82, 2.24) is 0 Å². The second-order valence-corrected chi connectivity index (χ2v) is 11.9. The highest BCUT2D eigenvalue weighted by atomic mass is 35.5. The minimum Gasteiger partial charge on any atom is -0.486 e. The summed E-state index contributed by atoms with van der Waals surface area (Å²) in [5.41, 5.74) is 2.74. The number of aliphatic carboxylic acids is 1. The fourth-order valence-electron chi connectivity index (χ4n) is 4.29. The molecule has 1 aliphatic rings. The van der Waals surface area contributed by atoms with E-state index in [1.807, 2.05) is 44.2 Å². The molecule has 3 aromatic carbocycles. The fourth-order valence-corrected chi connectivity index (χ4v) is 6.07. The maximum absolute atomic E-state index is 13.8. The third-order valence-corrected chi connectivity index (χ3v) is 8.55. The van der Waals surface area contributed by atoms with Crippen molar-refractivity contribution < 1.29 is 23.1 Å². The van der Waals surface area contributed by atoms with Crippen LogP contribution in [0.2, 0.25) is 5.02 Å². The summed E-state index contributed by atoms with van der Waals surface area (Å²) in [4.78, 5) is 11.9. The van der Waals surface area contributed by atoms with Crippen LogP contribution in [0.25, 0.3) is 11.1 Å². The summed E-state index contributed by atoms with van der Waals surface area (Å²) in [7, 11) is -3.94. The molecule has 1 heterocycles. The maximum Gasteiger partial charge on any atom is 0.309 e. The van der Waals surface area contributed by atoms with Crippen molar-refractivity contribution >= 4 is 33.3 Å². The number of carboxylic acid groups (broad SMARTS) is 1. The van der Waals surface area contributed by atoms with E-state index in [1.165, 1.54) is 4.31 Å². The Morgan fingerprint density at radius 2 is 1.83 bits per heavy atom. The van der Waals surface area contributed by atoms with Gasteiger partial charge in [0.1, 0.15) is 11.9 Å². The summed E-state index contributed by atoms with van der Waals surface area (Å²) in [5, 5.41) is 10.2. The van der Waals surface area contributed by atoms with E-state index in [1.54, 1.807) is 44.2 Å². The normalized spacial score (nSPS) is 15.9. The average molecular weight is 514 g/mol. The molecule has 0 amide bonds. The van der Waals surface area contributed by atoms with Crippen molar-refractivity contribution in [1.29, 1.82) is 0 Å². The Kier molecular flexibility index (Phi) is 6.60. The number of nitrogens with zero attached hydrogens (tertiary/aromatic N) is 1. The first-order valence-corrected chi connectivity index (χ1v) is 13.1. The van der Waals surface area contributed by atoms with Gasteiger partial charge in [-0.2, -0.15) is 0 Å². The third kappa shape index (κ3) is 4.88. The minimum atomic E-state index is -3.94. The summed E-state index contributed by atoms with van der Waals surface area (Å²) < 4.78 is 35.2. The Morgan fingerprint density at radius 3 is 2.51 bits per heavy atom. The highest BCUT2D eigenvalue weighted by Gasteiger charge is 2.39. The van der Waals surface area contributed by atoms with Gasteiger partial charge in [0.05, 0.1) is 22.5 Å². The molecule has 8 heteroatoms. The van der Waals surface area contributed by atoms with Gasteiger partial charge < -0.3 is 9.84 Å². The van der Waals surface area contributed by atoms with Gasteiger partial charge >= 0.3 is 5.97 Å². The van der Waals surface area contributed by atoms with Crippen LogP contribution in [0.15, 0.2) is 65.6 Å². The molecule has 1 aliphatic heterocycles. The summed E-state index contributed by atoms with van der Waals surface area (Å²) >= 11 is 6.33. The molecule has 0 aromatic heterocycles. The quantitative estimate of drug-likeness (QED) is 0.431. The highest BCUT2D eigenvalue weighted by molar-refractivity contribution is 7.92. The van der Waals surface area contributed by atoms with E-state index >= 15 is 0 Å². The molecule has 0 saturated carbocycles. The van der Waals surface area contributed by atoms with Crippen LogP contribution in [0, 0.1) is 19.3 Å². The molecule has 4 rings (SSSR count). The Bertz CT molecular complexity index is 1400. The van der Waals surface area contributed by atoms with Crippen LogP contribution in [0.1, 0.15) is 31.4 Å². The van der Waals surface area contributed by atoms with E-state index in [9.17, 15) is 18.3 Å². The molecular weight excluding hydrogens is 486 g/mol. The number of rotatable bonds is 6. The molecule has 0 saturated heterocycles. The van der Waals surface area contributed by atoms with Crippen molar-refractivity contribution in [3.8, 4) is 16.9 Å².